The number of carbonyl (C=O) groups excluding carboxylic acids is 1. The van der Waals surface area contributed by atoms with E-state index in [1.807, 2.05) is 18.2 Å². The summed E-state index contributed by atoms with van der Waals surface area (Å²) in [5.41, 5.74) is 3.67. The molecule has 1 atom stereocenters. The van der Waals surface area contributed by atoms with Crippen LogP contribution in [0.25, 0.3) is 0 Å². The van der Waals surface area contributed by atoms with Crippen LogP contribution < -0.4 is 5.32 Å². The minimum atomic E-state index is 0.0807. The SMILES string of the molecule is O=C(CC(c1ccccc1)c1ccccc1)N1CCNC[C@H]1Cc1ccccc1. The van der Waals surface area contributed by atoms with Crippen LogP contribution in [-0.2, 0) is 11.2 Å². The molecule has 0 aliphatic carbocycles. The fourth-order valence-corrected chi connectivity index (χ4v) is 4.25. The molecular weight excluding hydrogens is 356 g/mol. The van der Waals surface area contributed by atoms with Gasteiger partial charge in [-0.05, 0) is 23.1 Å². The number of carbonyl (C=O) groups is 1. The van der Waals surface area contributed by atoms with Crippen molar-refractivity contribution in [2.45, 2.75) is 24.8 Å². The van der Waals surface area contributed by atoms with Crippen LogP contribution in [0.15, 0.2) is 91.0 Å². The molecule has 0 unspecified atom stereocenters. The summed E-state index contributed by atoms with van der Waals surface area (Å²) in [5, 5.41) is 3.46. The van der Waals surface area contributed by atoms with E-state index in [0.29, 0.717) is 6.42 Å². The molecule has 3 aromatic carbocycles. The highest BCUT2D eigenvalue weighted by atomic mass is 16.2. The van der Waals surface area contributed by atoms with Gasteiger partial charge < -0.3 is 10.2 Å². The zero-order chi connectivity index (χ0) is 19.9. The Kier molecular flexibility index (Phi) is 6.38. The molecule has 0 saturated carbocycles. The van der Waals surface area contributed by atoms with Crippen molar-refractivity contribution in [2.24, 2.45) is 0 Å². The Morgan fingerprint density at radius 2 is 1.41 bits per heavy atom. The number of hydrogen-bond donors (Lipinski definition) is 1. The van der Waals surface area contributed by atoms with Crippen molar-refractivity contribution < 1.29 is 4.79 Å². The summed E-state index contributed by atoms with van der Waals surface area (Å²) >= 11 is 0. The van der Waals surface area contributed by atoms with Gasteiger partial charge in [0.15, 0.2) is 0 Å². The molecule has 1 fully saturated rings. The van der Waals surface area contributed by atoms with Gasteiger partial charge in [0.1, 0.15) is 0 Å². The molecule has 3 nitrogen and oxygen atoms in total. The first-order chi connectivity index (χ1) is 14.3. The van der Waals surface area contributed by atoms with Crippen LogP contribution in [0.3, 0.4) is 0 Å². The molecule has 0 aromatic heterocycles. The van der Waals surface area contributed by atoms with Crippen molar-refractivity contribution >= 4 is 5.91 Å². The van der Waals surface area contributed by atoms with Gasteiger partial charge in [0.2, 0.25) is 5.91 Å². The number of nitrogens with zero attached hydrogens (tertiary/aromatic N) is 1. The maximum absolute atomic E-state index is 13.5. The first kappa shape index (κ1) is 19.4. The highest BCUT2D eigenvalue weighted by Gasteiger charge is 2.29. The molecule has 1 saturated heterocycles. The zero-order valence-electron chi connectivity index (χ0n) is 16.7. The fraction of sp³-hybridized carbons (Fsp3) is 0.269. The van der Waals surface area contributed by atoms with Gasteiger partial charge >= 0.3 is 0 Å². The summed E-state index contributed by atoms with van der Waals surface area (Å²) in [6.07, 6.45) is 1.39. The molecule has 1 aliphatic rings. The number of piperazine rings is 1. The standard InChI is InChI=1S/C26H28N2O/c29-26(28-17-16-27-20-24(28)18-21-10-4-1-5-11-21)19-25(22-12-6-2-7-13-22)23-14-8-3-9-15-23/h1-15,24-25,27H,16-20H2/t24-/m1/s1. The molecule has 4 rings (SSSR count). The molecule has 3 aromatic rings. The Bertz CT molecular complexity index is 856. The summed E-state index contributed by atoms with van der Waals surface area (Å²) in [6.45, 7) is 2.48. The van der Waals surface area contributed by atoms with Gasteiger partial charge in [0.25, 0.3) is 0 Å². The minimum absolute atomic E-state index is 0.0807. The lowest BCUT2D eigenvalue weighted by atomic mass is 9.87. The molecule has 0 spiro atoms. The van der Waals surface area contributed by atoms with Gasteiger partial charge in [-0.3, -0.25) is 4.79 Å². The maximum Gasteiger partial charge on any atom is 0.223 e. The monoisotopic (exact) mass is 384 g/mol. The molecule has 148 valence electrons. The van der Waals surface area contributed by atoms with Gasteiger partial charge in [-0.25, -0.2) is 0 Å². The number of benzene rings is 3. The van der Waals surface area contributed by atoms with E-state index in [9.17, 15) is 4.79 Å². The lowest BCUT2D eigenvalue weighted by Gasteiger charge is -2.37. The van der Waals surface area contributed by atoms with Gasteiger partial charge in [-0.15, -0.1) is 0 Å². The molecule has 1 amide bonds. The second kappa shape index (κ2) is 9.53. The highest BCUT2D eigenvalue weighted by Crippen LogP contribution is 2.29. The third kappa shape index (κ3) is 4.93. The number of hydrogen-bond acceptors (Lipinski definition) is 2. The molecule has 3 heteroatoms. The van der Waals surface area contributed by atoms with E-state index in [-0.39, 0.29) is 17.9 Å². The quantitative estimate of drug-likeness (QED) is 0.689. The van der Waals surface area contributed by atoms with Gasteiger partial charge in [-0.1, -0.05) is 91.0 Å². The average molecular weight is 385 g/mol. The van der Waals surface area contributed by atoms with Crippen LogP contribution in [-0.4, -0.2) is 36.5 Å². The van der Waals surface area contributed by atoms with E-state index in [2.05, 4.69) is 83.0 Å². The van der Waals surface area contributed by atoms with Crippen molar-refractivity contribution in [1.29, 1.82) is 0 Å². The Balaban J connectivity index is 1.54. The van der Waals surface area contributed by atoms with E-state index in [0.717, 1.165) is 26.1 Å². The predicted octanol–water partition coefficient (Wildman–Crippen LogP) is 4.25. The maximum atomic E-state index is 13.5. The molecule has 29 heavy (non-hydrogen) atoms. The van der Waals surface area contributed by atoms with Crippen molar-refractivity contribution in [3.05, 3.63) is 108 Å². The normalized spacial score (nSPS) is 16.7. The first-order valence-corrected chi connectivity index (χ1v) is 10.5. The second-order valence-electron chi connectivity index (χ2n) is 7.71. The fourth-order valence-electron chi connectivity index (χ4n) is 4.25. The van der Waals surface area contributed by atoms with E-state index >= 15 is 0 Å². The lowest BCUT2D eigenvalue weighted by Crippen LogP contribution is -2.54. The largest absolute Gasteiger partial charge is 0.337 e. The van der Waals surface area contributed by atoms with E-state index in [4.69, 9.17) is 0 Å². The summed E-state index contributed by atoms with van der Waals surface area (Å²) in [7, 11) is 0. The topological polar surface area (TPSA) is 32.3 Å². The van der Waals surface area contributed by atoms with Crippen LogP contribution >= 0.6 is 0 Å². The number of rotatable bonds is 6. The Hall–Kier alpha value is -2.91. The highest BCUT2D eigenvalue weighted by molar-refractivity contribution is 5.78. The smallest absolute Gasteiger partial charge is 0.223 e. The Morgan fingerprint density at radius 1 is 0.862 bits per heavy atom. The zero-order valence-corrected chi connectivity index (χ0v) is 16.7. The number of nitrogens with one attached hydrogen (secondary N) is 1. The number of amides is 1. The Morgan fingerprint density at radius 3 is 2.00 bits per heavy atom. The summed E-state index contributed by atoms with van der Waals surface area (Å²) in [4.78, 5) is 15.6. The molecule has 1 aliphatic heterocycles. The van der Waals surface area contributed by atoms with E-state index in [1.165, 1.54) is 16.7 Å². The second-order valence-corrected chi connectivity index (χ2v) is 7.71. The van der Waals surface area contributed by atoms with Gasteiger partial charge in [-0.2, -0.15) is 0 Å². The summed E-state index contributed by atoms with van der Waals surface area (Å²) in [6, 6.07) is 31.5. The van der Waals surface area contributed by atoms with E-state index in [1.54, 1.807) is 0 Å². The van der Waals surface area contributed by atoms with Crippen LogP contribution in [0.1, 0.15) is 29.0 Å². The first-order valence-electron chi connectivity index (χ1n) is 10.5. The van der Waals surface area contributed by atoms with Crippen molar-refractivity contribution in [1.82, 2.24) is 10.2 Å². The third-order valence-electron chi connectivity index (χ3n) is 5.77. The molecule has 1 heterocycles. The molecule has 1 N–H and O–H groups in total. The summed E-state index contributed by atoms with van der Waals surface area (Å²) in [5.74, 6) is 0.322. The molecule has 0 bridgehead atoms. The third-order valence-corrected chi connectivity index (χ3v) is 5.77. The average Bonchev–Trinajstić information content (AvgIpc) is 2.79. The Labute approximate surface area is 173 Å². The van der Waals surface area contributed by atoms with E-state index < -0.39 is 0 Å². The minimum Gasteiger partial charge on any atom is -0.337 e. The van der Waals surface area contributed by atoms with Crippen LogP contribution in [0.5, 0.6) is 0 Å². The van der Waals surface area contributed by atoms with Crippen LogP contribution in [0, 0.1) is 0 Å². The predicted molar refractivity (Wildman–Crippen MR) is 118 cm³/mol. The van der Waals surface area contributed by atoms with Crippen LogP contribution in [0.4, 0.5) is 0 Å². The van der Waals surface area contributed by atoms with Gasteiger partial charge in [0, 0.05) is 38.0 Å². The van der Waals surface area contributed by atoms with Crippen LogP contribution in [0.2, 0.25) is 0 Å². The van der Waals surface area contributed by atoms with Gasteiger partial charge in [0.05, 0.1) is 0 Å². The molecule has 0 radical (unpaired) electrons. The molecular formula is C26H28N2O. The summed E-state index contributed by atoms with van der Waals surface area (Å²) < 4.78 is 0. The lowest BCUT2D eigenvalue weighted by molar-refractivity contribution is -0.134. The van der Waals surface area contributed by atoms with Crippen molar-refractivity contribution in [2.75, 3.05) is 19.6 Å². The van der Waals surface area contributed by atoms with Crippen molar-refractivity contribution in [3.63, 3.8) is 0 Å². The van der Waals surface area contributed by atoms with Crippen molar-refractivity contribution in [3.8, 4) is 0 Å².